The summed E-state index contributed by atoms with van der Waals surface area (Å²) in [5, 5.41) is 10.8. The van der Waals surface area contributed by atoms with Gasteiger partial charge in [0.1, 0.15) is 30.1 Å². The summed E-state index contributed by atoms with van der Waals surface area (Å²) in [6.07, 6.45) is 3.49. The number of rotatable bonds is 7. The Bertz CT molecular complexity index is 1890. The number of ether oxygens (including phenoxy) is 1. The normalized spacial score (nSPS) is 24.7. The fourth-order valence-electron chi connectivity index (χ4n) is 7.74. The lowest BCUT2D eigenvalue weighted by Gasteiger charge is -2.38. The average Bonchev–Trinajstić information content (AvgIpc) is 3.58. The highest BCUT2D eigenvalue weighted by Gasteiger charge is 2.49. The second kappa shape index (κ2) is 12.0. The molecule has 236 valence electrons. The van der Waals surface area contributed by atoms with Crippen LogP contribution in [0.15, 0.2) is 55.1 Å². The molecule has 7 rings (SSSR count). The summed E-state index contributed by atoms with van der Waals surface area (Å²) in [5.74, 6) is -1.66. The van der Waals surface area contributed by atoms with E-state index in [9.17, 15) is 14.4 Å². The third-order valence-corrected chi connectivity index (χ3v) is 9.88. The van der Waals surface area contributed by atoms with E-state index in [1.807, 2.05) is 0 Å². The van der Waals surface area contributed by atoms with Crippen molar-refractivity contribution in [2.75, 3.05) is 26.2 Å². The third-order valence-electron chi connectivity index (χ3n) is 9.88. The van der Waals surface area contributed by atoms with Crippen molar-refractivity contribution >= 4 is 27.7 Å². The van der Waals surface area contributed by atoms with E-state index in [-0.39, 0.29) is 53.6 Å². The molecule has 3 aliphatic heterocycles. The van der Waals surface area contributed by atoms with E-state index in [0.717, 1.165) is 19.4 Å². The first-order valence-electron chi connectivity index (χ1n) is 15.7. The molecular formula is C35H33F3N6O2. The summed E-state index contributed by atoms with van der Waals surface area (Å²) in [7, 11) is 0. The number of carbonyl (C=O) groups excluding carboxylic acids is 1. The molecule has 0 saturated carbocycles. The maximum Gasteiger partial charge on any atom is 0.318 e. The van der Waals surface area contributed by atoms with Gasteiger partial charge in [-0.3, -0.25) is 9.69 Å². The highest BCUT2D eigenvalue weighted by Crippen LogP contribution is 2.41. The molecule has 2 aromatic carbocycles. The maximum atomic E-state index is 16.0. The van der Waals surface area contributed by atoms with Crippen molar-refractivity contribution in [3.63, 3.8) is 0 Å². The second-order valence-corrected chi connectivity index (χ2v) is 12.6. The minimum atomic E-state index is -0.925. The number of halogens is 3. The number of alkyl halides is 1. The summed E-state index contributed by atoms with van der Waals surface area (Å²) in [5.41, 5.74) is 0.495. The zero-order valence-electron chi connectivity index (χ0n) is 25.3. The largest absolute Gasteiger partial charge is 0.461 e. The van der Waals surface area contributed by atoms with E-state index in [4.69, 9.17) is 9.72 Å². The summed E-state index contributed by atoms with van der Waals surface area (Å²) in [6, 6.07) is 13.0. The van der Waals surface area contributed by atoms with Crippen LogP contribution in [0.5, 0.6) is 6.01 Å². The van der Waals surface area contributed by atoms with E-state index >= 15 is 8.78 Å². The molecule has 3 saturated heterocycles. The van der Waals surface area contributed by atoms with Gasteiger partial charge >= 0.3 is 6.01 Å². The number of aromatic nitrogens is 3. The molecule has 1 unspecified atom stereocenters. The molecule has 0 N–H and O–H groups in total. The van der Waals surface area contributed by atoms with Crippen LogP contribution >= 0.6 is 0 Å². The van der Waals surface area contributed by atoms with Crippen molar-refractivity contribution < 1.29 is 22.7 Å². The smallest absolute Gasteiger partial charge is 0.318 e. The number of hydrogen-bond acceptors (Lipinski definition) is 7. The predicted octanol–water partition coefficient (Wildman–Crippen LogP) is 6.25. The van der Waals surface area contributed by atoms with Gasteiger partial charge < -0.3 is 9.64 Å². The predicted molar refractivity (Wildman–Crippen MR) is 167 cm³/mol. The summed E-state index contributed by atoms with van der Waals surface area (Å²) < 4.78 is 51.8. The molecule has 5 heterocycles. The van der Waals surface area contributed by atoms with Crippen LogP contribution < -0.4 is 4.74 Å². The van der Waals surface area contributed by atoms with Gasteiger partial charge in [-0.05, 0) is 55.8 Å². The number of nitriles is 1. The van der Waals surface area contributed by atoms with Crippen LogP contribution in [-0.4, -0.2) is 74.7 Å². The first-order chi connectivity index (χ1) is 22.3. The first-order valence-corrected chi connectivity index (χ1v) is 15.7. The molecule has 0 bridgehead atoms. The molecule has 4 atom stereocenters. The third kappa shape index (κ3) is 5.24. The van der Waals surface area contributed by atoms with Gasteiger partial charge in [0.15, 0.2) is 5.65 Å². The van der Waals surface area contributed by atoms with Crippen molar-refractivity contribution in [3.8, 4) is 23.3 Å². The van der Waals surface area contributed by atoms with Gasteiger partial charge in [-0.1, -0.05) is 36.9 Å². The van der Waals surface area contributed by atoms with Crippen LogP contribution in [-0.2, 0) is 4.79 Å². The number of fused-ring (bicyclic) bond motifs is 3. The number of likely N-dealkylation sites (tertiary alicyclic amines) is 1. The minimum absolute atomic E-state index is 0.0432. The van der Waals surface area contributed by atoms with Crippen LogP contribution in [0.4, 0.5) is 13.2 Å². The molecule has 0 radical (unpaired) electrons. The zero-order valence-corrected chi connectivity index (χ0v) is 25.3. The first kappa shape index (κ1) is 30.1. The molecule has 2 aromatic heterocycles. The van der Waals surface area contributed by atoms with E-state index in [1.165, 1.54) is 18.2 Å². The lowest BCUT2D eigenvalue weighted by atomic mass is 9.85. The summed E-state index contributed by atoms with van der Waals surface area (Å²) >= 11 is 0. The SMILES string of the molecule is C=CC(=O)N1CCC(c2nc(OC[C@@]34CCCN3C[C@H](F)C4)nc3nc(-c4cccc5cccc(F)c45)c(F)cc23)C[C@@H]1CC#N. The van der Waals surface area contributed by atoms with E-state index < -0.39 is 23.3 Å². The van der Waals surface area contributed by atoms with Gasteiger partial charge in [-0.25, -0.2) is 18.2 Å². The topological polar surface area (TPSA) is 95.2 Å². The molecule has 3 fully saturated rings. The van der Waals surface area contributed by atoms with Gasteiger partial charge in [-0.2, -0.15) is 15.2 Å². The Morgan fingerprint density at radius 2 is 1.98 bits per heavy atom. The average molecular weight is 627 g/mol. The number of nitrogens with zero attached hydrogens (tertiary/aromatic N) is 6. The van der Waals surface area contributed by atoms with Gasteiger partial charge in [-0.15, -0.1) is 0 Å². The minimum Gasteiger partial charge on any atom is -0.461 e. The van der Waals surface area contributed by atoms with Crippen LogP contribution in [0.1, 0.15) is 50.1 Å². The maximum absolute atomic E-state index is 16.0. The molecule has 0 spiro atoms. The van der Waals surface area contributed by atoms with Gasteiger partial charge in [0.2, 0.25) is 5.91 Å². The highest BCUT2D eigenvalue weighted by atomic mass is 19.1. The highest BCUT2D eigenvalue weighted by molar-refractivity contribution is 5.97. The number of pyridine rings is 1. The Kier molecular flexibility index (Phi) is 7.85. The quantitative estimate of drug-likeness (QED) is 0.224. The van der Waals surface area contributed by atoms with Gasteiger partial charge in [0.05, 0.1) is 23.7 Å². The Balaban J connectivity index is 1.33. The molecule has 1 amide bonds. The number of hydrogen-bond donors (Lipinski definition) is 0. The van der Waals surface area contributed by atoms with Gasteiger partial charge in [0, 0.05) is 47.8 Å². The van der Waals surface area contributed by atoms with Crippen molar-refractivity contribution in [2.24, 2.45) is 0 Å². The van der Waals surface area contributed by atoms with E-state index in [2.05, 4.69) is 27.5 Å². The lowest BCUT2D eigenvalue weighted by molar-refractivity contribution is -0.129. The number of carbonyl (C=O) groups is 1. The molecule has 11 heteroatoms. The fourth-order valence-corrected chi connectivity index (χ4v) is 7.74. The van der Waals surface area contributed by atoms with Crippen LogP contribution in [0.25, 0.3) is 33.1 Å². The Labute approximate surface area is 264 Å². The summed E-state index contributed by atoms with van der Waals surface area (Å²) in [6.45, 7) is 5.34. The molecule has 4 aromatic rings. The van der Waals surface area contributed by atoms with Crippen molar-refractivity contribution in [3.05, 3.63) is 72.4 Å². The van der Waals surface area contributed by atoms with Crippen molar-refractivity contribution in [1.29, 1.82) is 5.26 Å². The molecule has 0 aliphatic carbocycles. The monoisotopic (exact) mass is 626 g/mol. The van der Waals surface area contributed by atoms with E-state index in [0.29, 0.717) is 54.4 Å². The van der Waals surface area contributed by atoms with Gasteiger partial charge in [0.25, 0.3) is 0 Å². The van der Waals surface area contributed by atoms with Crippen molar-refractivity contribution in [1.82, 2.24) is 24.8 Å². The number of amides is 1. The fraction of sp³-hybridized carbons (Fsp3) is 0.400. The summed E-state index contributed by atoms with van der Waals surface area (Å²) in [4.78, 5) is 30.4. The zero-order chi connectivity index (χ0) is 32.0. The molecular weight excluding hydrogens is 593 g/mol. The molecule has 3 aliphatic rings. The Morgan fingerprint density at radius 3 is 2.78 bits per heavy atom. The van der Waals surface area contributed by atoms with Crippen LogP contribution in [0, 0.1) is 23.0 Å². The molecule has 46 heavy (non-hydrogen) atoms. The van der Waals surface area contributed by atoms with Crippen molar-refractivity contribution in [2.45, 2.75) is 62.2 Å². The lowest BCUT2D eigenvalue weighted by Crippen LogP contribution is -2.45. The Hall–Kier alpha value is -4.56. The standard InChI is InChI=1S/C35H33F3N6O2/c1-2-29(45)44-15-11-22(16-24(44)10-13-39)31-26-17-28(38)32(25-8-3-6-21-7-4-9-27(37)30(21)25)40-33(26)42-34(41-31)46-20-35-12-5-14-43(35)19-23(36)18-35/h2-4,6-9,17,22-24H,1,5,10-12,14-16,18-20H2/t22?,23-,24+,35+/m1/s1. The number of piperidine rings is 1. The number of benzene rings is 2. The van der Waals surface area contributed by atoms with E-state index in [1.54, 1.807) is 35.2 Å². The van der Waals surface area contributed by atoms with Crippen LogP contribution in [0.3, 0.4) is 0 Å². The second-order valence-electron chi connectivity index (χ2n) is 12.6. The Morgan fingerprint density at radius 1 is 1.15 bits per heavy atom. The van der Waals surface area contributed by atoms with Crippen LogP contribution in [0.2, 0.25) is 0 Å². The molecule has 8 nitrogen and oxygen atoms in total.